The topological polar surface area (TPSA) is 34.8 Å². The van der Waals surface area contributed by atoms with Crippen LogP contribution in [0, 0.1) is 6.92 Å². The normalized spacial score (nSPS) is 12.0. The van der Waals surface area contributed by atoms with E-state index >= 15 is 0 Å². The molecule has 0 saturated heterocycles. The molecule has 0 aliphatic carbocycles. The number of nitrogens with zero attached hydrogens (tertiary/aromatic N) is 4. The molecule has 0 N–H and O–H groups in total. The molecule has 0 atom stereocenters. The molecule has 22 heavy (non-hydrogen) atoms. The van der Waals surface area contributed by atoms with E-state index in [1.165, 1.54) is 5.39 Å². The molecule has 0 aliphatic rings. The van der Waals surface area contributed by atoms with Crippen molar-refractivity contribution in [3.63, 3.8) is 0 Å². The van der Waals surface area contributed by atoms with Crippen molar-refractivity contribution in [2.45, 2.75) is 26.9 Å². The third-order valence-electron chi connectivity index (χ3n) is 4.08. The van der Waals surface area contributed by atoms with Gasteiger partial charge in [-0.15, -0.1) is 0 Å². The lowest BCUT2D eigenvalue weighted by atomic mass is 10.1. The van der Waals surface area contributed by atoms with Crippen molar-refractivity contribution in [2.75, 3.05) is 0 Å². The smallest absolute Gasteiger partial charge is 0.311 e. The Balaban J connectivity index is 2.24. The summed E-state index contributed by atoms with van der Waals surface area (Å²) in [5.74, 6) is 1.85. The van der Waals surface area contributed by atoms with Gasteiger partial charge >= 0.3 is 5.78 Å². The Labute approximate surface area is 128 Å². The molecule has 4 aromatic rings. The SMILES string of the molecule is Cc1c(OC(C)C)ccc2c1c1n(cc[n+]1C)c1nccn21. The minimum absolute atomic E-state index is 0.157. The zero-order chi connectivity index (χ0) is 15.4. The fourth-order valence-electron chi connectivity index (χ4n) is 3.14. The van der Waals surface area contributed by atoms with E-state index in [1.807, 2.05) is 18.6 Å². The van der Waals surface area contributed by atoms with Crippen LogP contribution < -0.4 is 9.30 Å². The molecule has 112 valence electrons. The Bertz CT molecular complexity index is 1010. The third kappa shape index (κ3) is 1.65. The first-order valence-corrected chi connectivity index (χ1v) is 7.49. The fraction of sp³-hybridized carbons (Fsp3) is 0.294. The van der Waals surface area contributed by atoms with Crippen molar-refractivity contribution in [3.05, 3.63) is 42.5 Å². The van der Waals surface area contributed by atoms with Crippen LogP contribution in [0.25, 0.3) is 22.3 Å². The molecule has 0 radical (unpaired) electrons. The number of fused-ring (bicyclic) bond motifs is 6. The van der Waals surface area contributed by atoms with Crippen LogP contribution >= 0.6 is 0 Å². The molecule has 5 heteroatoms. The number of hydrogen-bond donors (Lipinski definition) is 0. The first-order chi connectivity index (χ1) is 10.6. The van der Waals surface area contributed by atoms with Gasteiger partial charge in [0.2, 0.25) is 0 Å². The summed E-state index contributed by atoms with van der Waals surface area (Å²) in [6.45, 7) is 6.22. The number of ether oxygens (including phenoxy) is 1. The lowest BCUT2D eigenvalue weighted by molar-refractivity contribution is -0.643. The minimum Gasteiger partial charge on any atom is -0.491 e. The molecule has 0 amide bonds. The molecule has 3 heterocycles. The summed E-state index contributed by atoms with van der Waals surface area (Å²) < 4.78 is 12.3. The molecule has 0 spiro atoms. The van der Waals surface area contributed by atoms with Crippen LogP contribution in [0.3, 0.4) is 0 Å². The average molecular weight is 295 g/mol. The van der Waals surface area contributed by atoms with Gasteiger partial charge in [-0.05, 0) is 32.9 Å². The first-order valence-electron chi connectivity index (χ1n) is 7.49. The Morgan fingerprint density at radius 2 is 2.00 bits per heavy atom. The van der Waals surface area contributed by atoms with Gasteiger partial charge < -0.3 is 4.74 Å². The summed E-state index contributed by atoms with van der Waals surface area (Å²) in [5.41, 5.74) is 3.42. The summed E-state index contributed by atoms with van der Waals surface area (Å²) in [5, 5.41) is 1.19. The highest BCUT2D eigenvalue weighted by molar-refractivity contribution is 5.96. The second-order valence-corrected chi connectivity index (χ2v) is 5.95. The predicted molar refractivity (Wildman–Crippen MR) is 85.3 cm³/mol. The quantitative estimate of drug-likeness (QED) is 0.533. The highest BCUT2D eigenvalue weighted by atomic mass is 16.5. The van der Waals surface area contributed by atoms with Crippen LogP contribution in [0.5, 0.6) is 5.75 Å². The van der Waals surface area contributed by atoms with Gasteiger partial charge in [-0.2, -0.15) is 9.38 Å². The fourth-order valence-corrected chi connectivity index (χ4v) is 3.14. The molecule has 5 nitrogen and oxygen atoms in total. The van der Waals surface area contributed by atoms with Crippen molar-refractivity contribution >= 4 is 22.3 Å². The minimum atomic E-state index is 0.157. The van der Waals surface area contributed by atoms with Gasteiger partial charge in [0.25, 0.3) is 5.65 Å². The van der Waals surface area contributed by atoms with Crippen LogP contribution in [-0.4, -0.2) is 19.9 Å². The van der Waals surface area contributed by atoms with Crippen molar-refractivity contribution in [1.29, 1.82) is 0 Å². The molecule has 0 saturated carbocycles. The number of benzene rings is 1. The zero-order valence-corrected chi connectivity index (χ0v) is 13.2. The molecule has 0 bridgehead atoms. The van der Waals surface area contributed by atoms with Gasteiger partial charge in [0, 0.05) is 18.0 Å². The predicted octanol–water partition coefficient (Wildman–Crippen LogP) is 2.66. The molecule has 4 rings (SSSR count). The van der Waals surface area contributed by atoms with E-state index in [4.69, 9.17) is 4.74 Å². The maximum absolute atomic E-state index is 5.97. The number of aryl methyl sites for hydroxylation is 2. The van der Waals surface area contributed by atoms with Crippen LogP contribution in [0.2, 0.25) is 0 Å². The Hall–Kier alpha value is -2.56. The number of imidazole rings is 2. The standard InChI is InChI=1S/C17H19N4O/c1-11(2)22-14-6-5-13-15(12(14)3)16-19(4)9-10-21(16)17-18-7-8-20(13)17/h5-11H,1-4H3/q+1. The molecule has 3 aromatic heterocycles. The van der Waals surface area contributed by atoms with Gasteiger partial charge in [0.1, 0.15) is 18.1 Å². The van der Waals surface area contributed by atoms with Gasteiger partial charge in [-0.3, -0.25) is 4.40 Å². The Kier molecular flexibility index (Phi) is 2.66. The summed E-state index contributed by atoms with van der Waals surface area (Å²) in [6, 6.07) is 4.16. The molecular weight excluding hydrogens is 276 g/mol. The highest BCUT2D eigenvalue weighted by Crippen LogP contribution is 2.31. The first kappa shape index (κ1) is 13.1. The molecule has 0 fully saturated rings. The van der Waals surface area contributed by atoms with E-state index < -0.39 is 0 Å². The van der Waals surface area contributed by atoms with Crippen LogP contribution in [-0.2, 0) is 7.05 Å². The third-order valence-corrected chi connectivity index (χ3v) is 4.08. The van der Waals surface area contributed by atoms with E-state index in [9.17, 15) is 0 Å². The van der Waals surface area contributed by atoms with E-state index in [-0.39, 0.29) is 6.10 Å². The van der Waals surface area contributed by atoms with Crippen LogP contribution in [0.15, 0.2) is 36.9 Å². The van der Waals surface area contributed by atoms with E-state index in [2.05, 4.69) is 64.5 Å². The summed E-state index contributed by atoms with van der Waals surface area (Å²) >= 11 is 0. The van der Waals surface area contributed by atoms with Crippen molar-refractivity contribution < 1.29 is 9.30 Å². The summed E-state index contributed by atoms with van der Waals surface area (Å²) in [4.78, 5) is 4.49. The van der Waals surface area contributed by atoms with E-state index in [0.717, 1.165) is 28.3 Å². The van der Waals surface area contributed by atoms with Crippen molar-refractivity contribution in [1.82, 2.24) is 13.8 Å². The van der Waals surface area contributed by atoms with Gasteiger partial charge in [0.15, 0.2) is 0 Å². The van der Waals surface area contributed by atoms with Crippen LogP contribution in [0.4, 0.5) is 0 Å². The highest BCUT2D eigenvalue weighted by Gasteiger charge is 2.21. The monoisotopic (exact) mass is 295 g/mol. The Morgan fingerprint density at radius 1 is 1.18 bits per heavy atom. The summed E-state index contributed by atoms with van der Waals surface area (Å²) in [7, 11) is 2.06. The molecular formula is C17H19N4O+. The number of hydrogen-bond acceptors (Lipinski definition) is 2. The van der Waals surface area contributed by atoms with Gasteiger partial charge in [0.05, 0.1) is 24.1 Å². The van der Waals surface area contributed by atoms with Crippen LogP contribution in [0.1, 0.15) is 19.4 Å². The van der Waals surface area contributed by atoms with E-state index in [1.54, 1.807) is 0 Å². The largest absolute Gasteiger partial charge is 0.491 e. The molecule has 0 aliphatic heterocycles. The number of rotatable bonds is 2. The Morgan fingerprint density at radius 3 is 2.77 bits per heavy atom. The van der Waals surface area contributed by atoms with Crippen molar-refractivity contribution in [2.24, 2.45) is 7.05 Å². The van der Waals surface area contributed by atoms with Gasteiger partial charge in [-0.25, -0.2) is 4.57 Å². The summed E-state index contributed by atoms with van der Waals surface area (Å²) in [6.07, 6.45) is 8.09. The number of aromatic nitrogens is 4. The maximum atomic E-state index is 5.97. The molecule has 0 unspecified atom stereocenters. The van der Waals surface area contributed by atoms with Gasteiger partial charge in [-0.1, -0.05) is 0 Å². The maximum Gasteiger partial charge on any atom is 0.311 e. The lowest BCUT2D eigenvalue weighted by Crippen LogP contribution is -2.26. The average Bonchev–Trinajstić information content (AvgIpc) is 3.08. The molecule has 1 aromatic carbocycles. The van der Waals surface area contributed by atoms with E-state index in [0.29, 0.717) is 0 Å². The van der Waals surface area contributed by atoms with Crippen molar-refractivity contribution in [3.8, 4) is 5.75 Å². The second kappa shape index (κ2) is 4.47. The second-order valence-electron chi connectivity index (χ2n) is 5.95. The lowest BCUT2D eigenvalue weighted by Gasteiger charge is -2.14. The zero-order valence-electron chi connectivity index (χ0n) is 13.2.